The Kier molecular flexibility index (Phi) is 5.86. The zero-order valence-corrected chi connectivity index (χ0v) is 11.4. The van der Waals surface area contributed by atoms with Crippen LogP contribution < -0.4 is 5.32 Å². The molecule has 0 fully saturated rings. The molecule has 0 aliphatic heterocycles. The fourth-order valence-corrected chi connectivity index (χ4v) is 1.45. The van der Waals surface area contributed by atoms with Gasteiger partial charge in [0.25, 0.3) is 5.69 Å². The third-order valence-corrected chi connectivity index (χ3v) is 3.04. The number of hydrogen-bond donors (Lipinski definition) is 2. The predicted octanol–water partition coefficient (Wildman–Crippen LogP) is 1.74. The Morgan fingerprint density at radius 3 is 2.50 bits per heavy atom. The molecule has 6 nitrogen and oxygen atoms in total. The van der Waals surface area contributed by atoms with Crippen LogP contribution in [0, 0.1) is 16.0 Å². The summed E-state index contributed by atoms with van der Waals surface area (Å²) >= 11 is 0. The maximum Gasteiger partial charge on any atom is 0.269 e. The Hall–Kier alpha value is -2.21. The highest BCUT2D eigenvalue weighted by Gasteiger charge is 2.12. The lowest BCUT2D eigenvalue weighted by Crippen LogP contribution is -2.37. The van der Waals surface area contributed by atoms with Crippen LogP contribution in [-0.2, 0) is 4.79 Å². The van der Waals surface area contributed by atoms with Gasteiger partial charge in [-0.25, -0.2) is 0 Å². The molecule has 20 heavy (non-hydrogen) atoms. The van der Waals surface area contributed by atoms with Gasteiger partial charge in [-0.05, 0) is 36.6 Å². The minimum atomic E-state index is -0.474. The SMILES string of the molecule is CC(CO)C(C)NC(=O)/C=C/c1ccc([N+](=O)[O-])cc1. The molecule has 0 aliphatic rings. The first-order chi connectivity index (χ1) is 9.43. The van der Waals surface area contributed by atoms with E-state index < -0.39 is 4.92 Å². The Balaban J connectivity index is 2.59. The van der Waals surface area contributed by atoms with E-state index in [9.17, 15) is 14.9 Å². The molecular weight excluding hydrogens is 260 g/mol. The van der Waals surface area contributed by atoms with E-state index in [2.05, 4.69) is 5.32 Å². The summed E-state index contributed by atoms with van der Waals surface area (Å²) in [6.45, 7) is 3.66. The molecule has 6 heteroatoms. The van der Waals surface area contributed by atoms with Crippen molar-refractivity contribution >= 4 is 17.7 Å². The smallest absolute Gasteiger partial charge is 0.269 e. The van der Waals surface area contributed by atoms with Gasteiger partial charge in [0.1, 0.15) is 0 Å². The van der Waals surface area contributed by atoms with Crippen LogP contribution in [0.4, 0.5) is 5.69 Å². The Bertz CT molecular complexity index is 496. The molecule has 2 unspecified atom stereocenters. The minimum Gasteiger partial charge on any atom is -0.396 e. The van der Waals surface area contributed by atoms with Crippen LogP contribution in [-0.4, -0.2) is 28.6 Å². The van der Waals surface area contributed by atoms with Gasteiger partial charge in [0.2, 0.25) is 5.91 Å². The number of carbonyl (C=O) groups excluding carboxylic acids is 1. The van der Waals surface area contributed by atoms with Gasteiger partial charge in [0.15, 0.2) is 0 Å². The molecule has 0 heterocycles. The lowest BCUT2D eigenvalue weighted by Gasteiger charge is -2.18. The summed E-state index contributed by atoms with van der Waals surface area (Å²) in [7, 11) is 0. The zero-order valence-electron chi connectivity index (χ0n) is 11.4. The maximum absolute atomic E-state index is 11.6. The van der Waals surface area contributed by atoms with E-state index in [1.807, 2.05) is 13.8 Å². The number of nitro benzene ring substituents is 1. The third kappa shape index (κ3) is 4.81. The molecule has 1 aromatic carbocycles. The highest BCUT2D eigenvalue weighted by Crippen LogP contribution is 2.12. The van der Waals surface area contributed by atoms with Crippen molar-refractivity contribution in [3.63, 3.8) is 0 Å². The van der Waals surface area contributed by atoms with E-state index in [1.54, 1.807) is 18.2 Å². The molecule has 0 saturated heterocycles. The summed E-state index contributed by atoms with van der Waals surface area (Å²) in [6, 6.07) is 5.78. The fraction of sp³-hybridized carbons (Fsp3) is 0.357. The second-order valence-corrected chi connectivity index (χ2v) is 4.64. The van der Waals surface area contributed by atoms with Crippen LogP contribution in [0.15, 0.2) is 30.3 Å². The first-order valence-electron chi connectivity index (χ1n) is 6.28. The van der Waals surface area contributed by atoms with Crippen LogP contribution in [0.1, 0.15) is 19.4 Å². The molecule has 0 bridgehead atoms. The average Bonchev–Trinajstić information content (AvgIpc) is 2.44. The number of nitrogens with one attached hydrogen (secondary N) is 1. The summed E-state index contributed by atoms with van der Waals surface area (Å²) in [6.07, 6.45) is 2.94. The topological polar surface area (TPSA) is 92.5 Å². The van der Waals surface area contributed by atoms with Crippen molar-refractivity contribution in [1.29, 1.82) is 0 Å². The molecule has 0 radical (unpaired) electrons. The van der Waals surface area contributed by atoms with Crippen molar-refractivity contribution in [3.8, 4) is 0 Å². The van der Waals surface area contributed by atoms with E-state index in [-0.39, 0.29) is 30.2 Å². The van der Waals surface area contributed by atoms with E-state index in [4.69, 9.17) is 5.11 Å². The third-order valence-electron chi connectivity index (χ3n) is 3.04. The summed E-state index contributed by atoms with van der Waals surface area (Å²) in [5.41, 5.74) is 0.714. The monoisotopic (exact) mass is 278 g/mol. The Morgan fingerprint density at radius 2 is 2.00 bits per heavy atom. The number of carbonyl (C=O) groups is 1. The lowest BCUT2D eigenvalue weighted by atomic mass is 10.1. The molecule has 0 aromatic heterocycles. The van der Waals surface area contributed by atoms with Crippen molar-refractivity contribution in [3.05, 3.63) is 46.0 Å². The van der Waals surface area contributed by atoms with Crippen LogP contribution in [0.25, 0.3) is 6.08 Å². The number of amides is 1. The predicted molar refractivity (Wildman–Crippen MR) is 76.0 cm³/mol. The maximum atomic E-state index is 11.6. The van der Waals surface area contributed by atoms with Crippen LogP contribution in [0.5, 0.6) is 0 Å². The summed E-state index contributed by atoms with van der Waals surface area (Å²) < 4.78 is 0. The standard InChI is InChI=1S/C14H18N2O4/c1-10(9-17)11(2)15-14(18)8-5-12-3-6-13(7-4-12)16(19)20/h3-8,10-11,17H,9H2,1-2H3,(H,15,18)/b8-5+. The molecule has 2 atom stereocenters. The molecule has 1 aromatic rings. The van der Waals surface area contributed by atoms with Crippen molar-refractivity contribution in [2.45, 2.75) is 19.9 Å². The van der Waals surface area contributed by atoms with E-state index in [1.165, 1.54) is 18.2 Å². The first kappa shape index (κ1) is 15.8. The second kappa shape index (κ2) is 7.40. The average molecular weight is 278 g/mol. The van der Waals surface area contributed by atoms with Gasteiger partial charge in [-0.15, -0.1) is 0 Å². The second-order valence-electron chi connectivity index (χ2n) is 4.64. The molecule has 0 spiro atoms. The summed E-state index contributed by atoms with van der Waals surface area (Å²) in [4.78, 5) is 21.7. The van der Waals surface area contributed by atoms with E-state index in [0.29, 0.717) is 5.56 Å². The highest BCUT2D eigenvalue weighted by atomic mass is 16.6. The first-order valence-corrected chi connectivity index (χ1v) is 6.28. The fourth-order valence-electron chi connectivity index (χ4n) is 1.45. The number of non-ortho nitro benzene ring substituents is 1. The quantitative estimate of drug-likeness (QED) is 0.471. The summed E-state index contributed by atoms with van der Waals surface area (Å²) in [5.74, 6) is -0.289. The molecular formula is C14H18N2O4. The number of benzene rings is 1. The molecule has 1 rings (SSSR count). The molecule has 0 saturated carbocycles. The molecule has 108 valence electrons. The van der Waals surface area contributed by atoms with Gasteiger partial charge < -0.3 is 10.4 Å². The van der Waals surface area contributed by atoms with E-state index >= 15 is 0 Å². The highest BCUT2D eigenvalue weighted by molar-refractivity contribution is 5.91. The summed E-state index contributed by atoms with van der Waals surface area (Å²) in [5, 5.41) is 22.2. The van der Waals surface area contributed by atoms with Gasteiger partial charge in [0.05, 0.1) is 4.92 Å². The van der Waals surface area contributed by atoms with Gasteiger partial charge in [-0.2, -0.15) is 0 Å². The van der Waals surface area contributed by atoms with Crippen molar-refractivity contribution in [1.82, 2.24) is 5.32 Å². The van der Waals surface area contributed by atoms with Gasteiger partial charge >= 0.3 is 0 Å². The number of nitrogens with zero attached hydrogens (tertiary/aromatic N) is 1. The van der Waals surface area contributed by atoms with Crippen LogP contribution >= 0.6 is 0 Å². The zero-order chi connectivity index (χ0) is 15.1. The number of nitro groups is 1. The van der Waals surface area contributed by atoms with Crippen molar-refractivity contribution in [2.75, 3.05) is 6.61 Å². The lowest BCUT2D eigenvalue weighted by molar-refractivity contribution is -0.384. The Labute approximate surface area is 117 Å². The molecule has 2 N–H and O–H groups in total. The number of rotatable bonds is 6. The van der Waals surface area contributed by atoms with Gasteiger partial charge in [-0.1, -0.05) is 6.92 Å². The number of hydrogen-bond acceptors (Lipinski definition) is 4. The van der Waals surface area contributed by atoms with Crippen molar-refractivity contribution < 1.29 is 14.8 Å². The van der Waals surface area contributed by atoms with Crippen molar-refractivity contribution in [2.24, 2.45) is 5.92 Å². The Morgan fingerprint density at radius 1 is 1.40 bits per heavy atom. The van der Waals surface area contributed by atoms with E-state index in [0.717, 1.165) is 0 Å². The number of aliphatic hydroxyl groups excluding tert-OH is 1. The largest absolute Gasteiger partial charge is 0.396 e. The van der Waals surface area contributed by atoms with Crippen LogP contribution in [0.2, 0.25) is 0 Å². The normalized spacial score (nSPS) is 13.9. The van der Waals surface area contributed by atoms with Crippen LogP contribution in [0.3, 0.4) is 0 Å². The molecule has 1 amide bonds. The molecule has 0 aliphatic carbocycles. The van der Waals surface area contributed by atoms with Gasteiger partial charge in [0, 0.05) is 30.9 Å². The van der Waals surface area contributed by atoms with Gasteiger partial charge in [-0.3, -0.25) is 14.9 Å². The number of aliphatic hydroxyl groups is 1. The minimum absolute atomic E-state index is 0.00745.